The van der Waals surface area contributed by atoms with Crippen LogP contribution in [0.2, 0.25) is 0 Å². The molecule has 0 aromatic rings. The topological polar surface area (TPSA) is 47.3 Å². The van der Waals surface area contributed by atoms with Crippen molar-refractivity contribution in [1.29, 1.82) is 0 Å². The van der Waals surface area contributed by atoms with Gasteiger partial charge in [0.25, 0.3) is 0 Å². The molecule has 0 aromatic heterocycles. The van der Waals surface area contributed by atoms with Crippen molar-refractivity contribution in [3.05, 3.63) is 35.7 Å². The predicted molar refractivity (Wildman–Crippen MR) is 49.4 cm³/mol. The van der Waals surface area contributed by atoms with Crippen LogP contribution in [0.1, 0.15) is 0 Å². The van der Waals surface area contributed by atoms with E-state index in [4.69, 9.17) is 10.5 Å². The van der Waals surface area contributed by atoms with E-state index < -0.39 is 0 Å². The average Bonchev–Trinajstić information content (AvgIpc) is 2.27. The maximum Gasteiger partial charge on any atom is 0.0941 e. The lowest BCUT2D eigenvalue weighted by Gasteiger charge is -2.02. The monoisotopic (exact) mass is 166 g/mol. The van der Waals surface area contributed by atoms with Crippen molar-refractivity contribution < 1.29 is 4.74 Å². The van der Waals surface area contributed by atoms with Gasteiger partial charge in [-0.05, 0) is 24.3 Å². The minimum Gasteiger partial charge on any atom is -0.397 e. The minimum absolute atomic E-state index is 0.0226. The van der Waals surface area contributed by atoms with Gasteiger partial charge in [0.05, 0.1) is 17.5 Å². The van der Waals surface area contributed by atoms with Crippen molar-refractivity contribution in [3.63, 3.8) is 0 Å². The lowest BCUT2D eigenvalue weighted by Crippen LogP contribution is -2.10. The highest BCUT2D eigenvalue weighted by Crippen LogP contribution is 2.07. The van der Waals surface area contributed by atoms with Crippen LogP contribution in [0.4, 0.5) is 0 Å². The zero-order valence-corrected chi connectivity index (χ0v) is 7.37. The van der Waals surface area contributed by atoms with Crippen molar-refractivity contribution in [2.45, 2.75) is 6.10 Å². The third kappa shape index (κ3) is 1.89. The van der Waals surface area contributed by atoms with Gasteiger partial charge >= 0.3 is 0 Å². The van der Waals surface area contributed by atoms with Gasteiger partial charge in [-0.25, -0.2) is 0 Å². The van der Waals surface area contributed by atoms with Crippen molar-refractivity contribution in [2.75, 3.05) is 14.2 Å². The Kier molecular flexibility index (Phi) is 2.94. The van der Waals surface area contributed by atoms with Crippen molar-refractivity contribution in [3.8, 4) is 0 Å². The second kappa shape index (κ2) is 3.97. The SMILES string of the molecule is CNC1=C(N)C=CC(OC)C=C1. The maximum absolute atomic E-state index is 5.73. The van der Waals surface area contributed by atoms with E-state index in [0.29, 0.717) is 0 Å². The second-order valence-corrected chi connectivity index (χ2v) is 2.54. The molecule has 3 nitrogen and oxygen atoms in total. The number of rotatable bonds is 2. The summed E-state index contributed by atoms with van der Waals surface area (Å²) in [5.74, 6) is 0. The van der Waals surface area contributed by atoms with Crippen molar-refractivity contribution >= 4 is 0 Å². The Morgan fingerprint density at radius 3 is 2.67 bits per heavy atom. The summed E-state index contributed by atoms with van der Waals surface area (Å²) >= 11 is 0. The van der Waals surface area contributed by atoms with Crippen LogP contribution in [0.15, 0.2) is 35.7 Å². The fourth-order valence-corrected chi connectivity index (χ4v) is 1.02. The first kappa shape index (κ1) is 8.87. The van der Waals surface area contributed by atoms with E-state index in [1.807, 2.05) is 31.4 Å². The fraction of sp³-hybridized carbons (Fsp3) is 0.333. The molecule has 0 saturated heterocycles. The molecule has 0 bridgehead atoms. The number of likely N-dealkylation sites (N-methyl/N-ethyl adjacent to an activating group) is 1. The van der Waals surface area contributed by atoms with E-state index in [9.17, 15) is 0 Å². The van der Waals surface area contributed by atoms with Gasteiger partial charge in [-0.2, -0.15) is 0 Å². The summed E-state index contributed by atoms with van der Waals surface area (Å²) in [7, 11) is 3.51. The van der Waals surface area contributed by atoms with Crippen LogP contribution in [0.3, 0.4) is 0 Å². The highest BCUT2D eigenvalue weighted by atomic mass is 16.5. The van der Waals surface area contributed by atoms with E-state index in [0.717, 1.165) is 11.4 Å². The summed E-state index contributed by atoms with van der Waals surface area (Å²) in [5, 5.41) is 3.00. The van der Waals surface area contributed by atoms with Crippen molar-refractivity contribution in [1.82, 2.24) is 5.32 Å². The first-order valence-electron chi connectivity index (χ1n) is 3.84. The van der Waals surface area contributed by atoms with Crippen LogP contribution in [0.25, 0.3) is 0 Å². The number of hydrogen-bond acceptors (Lipinski definition) is 3. The second-order valence-electron chi connectivity index (χ2n) is 2.54. The summed E-state index contributed by atoms with van der Waals surface area (Å²) in [6, 6.07) is 0. The molecule has 3 heteroatoms. The molecule has 1 rings (SSSR count). The van der Waals surface area contributed by atoms with Gasteiger partial charge < -0.3 is 15.8 Å². The van der Waals surface area contributed by atoms with Crippen LogP contribution in [-0.4, -0.2) is 20.3 Å². The van der Waals surface area contributed by atoms with Crippen molar-refractivity contribution in [2.24, 2.45) is 5.73 Å². The van der Waals surface area contributed by atoms with Crippen LogP contribution in [0, 0.1) is 0 Å². The molecule has 3 N–H and O–H groups in total. The lowest BCUT2D eigenvalue weighted by atomic mass is 10.3. The Morgan fingerprint density at radius 1 is 1.42 bits per heavy atom. The van der Waals surface area contributed by atoms with Gasteiger partial charge in [0, 0.05) is 14.2 Å². The van der Waals surface area contributed by atoms with Crippen LogP contribution < -0.4 is 11.1 Å². The van der Waals surface area contributed by atoms with Crippen LogP contribution in [0.5, 0.6) is 0 Å². The number of allylic oxidation sites excluding steroid dienone is 2. The smallest absolute Gasteiger partial charge is 0.0941 e. The third-order valence-electron chi connectivity index (χ3n) is 1.77. The third-order valence-corrected chi connectivity index (χ3v) is 1.77. The number of ether oxygens (including phenoxy) is 1. The number of methoxy groups -OCH3 is 1. The molecule has 1 aliphatic rings. The molecule has 0 radical (unpaired) electrons. The molecule has 0 spiro atoms. The molecule has 0 aromatic carbocycles. The number of nitrogens with two attached hydrogens (primary N) is 1. The molecule has 1 aliphatic carbocycles. The van der Waals surface area contributed by atoms with Gasteiger partial charge in [0.2, 0.25) is 0 Å². The zero-order chi connectivity index (χ0) is 8.97. The molecule has 1 unspecified atom stereocenters. The number of hydrogen-bond donors (Lipinski definition) is 2. The fourth-order valence-electron chi connectivity index (χ4n) is 1.02. The molecule has 1 atom stereocenters. The Bertz CT molecular complexity index is 241. The van der Waals surface area contributed by atoms with Crippen LogP contribution >= 0.6 is 0 Å². The Labute approximate surface area is 72.6 Å². The summed E-state index contributed by atoms with van der Waals surface area (Å²) in [4.78, 5) is 0. The Balaban J connectivity index is 2.83. The zero-order valence-electron chi connectivity index (χ0n) is 7.37. The van der Waals surface area contributed by atoms with Gasteiger partial charge in [0.15, 0.2) is 0 Å². The van der Waals surface area contributed by atoms with Gasteiger partial charge in [-0.3, -0.25) is 0 Å². The normalized spacial score (nSPS) is 22.7. The first-order valence-corrected chi connectivity index (χ1v) is 3.84. The average molecular weight is 166 g/mol. The standard InChI is InChI=1S/C9H14N2O/c1-11-9-6-4-7(12-2)3-5-8(9)10/h3-7,11H,10H2,1-2H3. The van der Waals surface area contributed by atoms with Gasteiger partial charge in [-0.1, -0.05) is 0 Å². The molecular weight excluding hydrogens is 152 g/mol. The summed E-state index contributed by atoms with van der Waals surface area (Å²) < 4.78 is 5.13. The molecule has 0 amide bonds. The summed E-state index contributed by atoms with van der Waals surface area (Å²) in [5.41, 5.74) is 7.38. The first-order chi connectivity index (χ1) is 5.77. The summed E-state index contributed by atoms with van der Waals surface area (Å²) in [6.45, 7) is 0. The minimum atomic E-state index is 0.0226. The highest BCUT2D eigenvalue weighted by molar-refractivity contribution is 5.34. The van der Waals surface area contributed by atoms with Crippen LogP contribution in [-0.2, 0) is 4.74 Å². The summed E-state index contributed by atoms with van der Waals surface area (Å²) in [6.07, 6.45) is 7.65. The molecule has 0 heterocycles. The predicted octanol–water partition coefficient (Wildman–Crippen LogP) is 0.517. The lowest BCUT2D eigenvalue weighted by molar-refractivity contribution is 0.178. The van der Waals surface area contributed by atoms with E-state index >= 15 is 0 Å². The molecular formula is C9H14N2O. The Hall–Kier alpha value is -1.22. The van der Waals surface area contributed by atoms with E-state index in [-0.39, 0.29) is 6.10 Å². The van der Waals surface area contributed by atoms with Gasteiger partial charge in [-0.15, -0.1) is 0 Å². The van der Waals surface area contributed by atoms with E-state index in [2.05, 4.69) is 5.32 Å². The van der Waals surface area contributed by atoms with E-state index in [1.54, 1.807) is 7.11 Å². The van der Waals surface area contributed by atoms with E-state index in [1.165, 1.54) is 0 Å². The molecule has 0 fully saturated rings. The van der Waals surface area contributed by atoms with Gasteiger partial charge in [0.1, 0.15) is 0 Å². The molecule has 66 valence electrons. The number of nitrogens with one attached hydrogen (secondary N) is 1. The highest BCUT2D eigenvalue weighted by Gasteiger charge is 2.03. The maximum atomic E-state index is 5.73. The molecule has 0 aliphatic heterocycles. The Morgan fingerprint density at radius 2 is 2.08 bits per heavy atom. The largest absolute Gasteiger partial charge is 0.397 e. The quantitative estimate of drug-likeness (QED) is 0.628. The molecule has 0 saturated carbocycles. The molecule has 12 heavy (non-hydrogen) atoms.